The minimum absolute atomic E-state index is 0.273. The molecule has 1 N–H and O–H groups in total. The van der Waals surface area contributed by atoms with Crippen LogP contribution in [0.3, 0.4) is 0 Å². The van der Waals surface area contributed by atoms with E-state index in [0.29, 0.717) is 24.1 Å². The summed E-state index contributed by atoms with van der Waals surface area (Å²) in [6.07, 6.45) is 1.94. The van der Waals surface area contributed by atoms with Crippen molar-refractivity contribution in [3.63, 3.8) is 0 Å². The van der Waals surface area contributed by atoms with Crippen LogP contribution < -0.4 is 15.0 Å². The number of hydrogen-bond acceptors (Lipinski definition) is 7. The number of carbonyl (C=O) groups is 1. The lowest BCUT2D eigenvalue weighted by atomic mass is 10.2. The lowest BCUT2D eigenvalue weighted by Gasteiger charge is -2.26. The van der Waals surface area contributed by atoms with E-state index < -0.39 is 0 Å². The molecule has 1 fully saturated rings. The van der Waals surface area contributed by atoms with Gasteiger partial charge in [-0.15, -0.1) is 0 Å². The number of benzene rings is 1. The van der Waals surface area contributed by atoms with Crippen LogP contribution in [0.25, 0.3) is 0 Å². The Morgan fingerprint density at radius 2 is 1.91 bits per heavy atom. The highest BCUT2D eigenvalue weighted by atomic mass is 16.5. The maximum atomic E-state index is 13.0. The van der Waals surface area contributed by atoms with E-state index in [1.807, 2.05) is 31.2 Å². The first-order chi connectivity index (χ1) is 15.6. The van der Waals surface area contributed by atoms with Crippen LogP contribution in [0.15, 0.2) is 30.3 Å². The molecule has 1 aromatic carbocycles. The number of ether oxygens (including phenoxy) is 2. The van der Waals surface area contributed by atoms with Crippen molar-refractivity contribution in [1.29, 1.82) is 0 Å². The molecule has 32 heavy (non-hydrogen) atoms. The van der Waals surface area contributed by atoms with E-state index >= 15 is 0 Å². The van der Waals surface area contributed by atoms with E-state index in [0.717, 1.165) is 70.0 Å². The van der Waals surface area contributed by atoms with Crippen LogP contribution in [0.1, 0.15) is 42.7 Å². The van der Waals surface area contributed by atoms with Gasteiger partial charge in [0.1, 0.15) is 12.3 Å². The minimum Gasteiger partial charge on any atom is -0.476 e. The molecule has 8 nitrogen and oxygen atoms in total. The third-order valence-electron chi connectivity index (χ3n) is 5.23. The number of hydrogen-bond donors (Lipinski definition) is 1. The Labute approximate surface area is 190 Å². The first-order valence-corrected chi connectivity index (χ1v) is 11.5. The molecule has 0 atom stereocenters. The van der Waals surface area contributed by atoms with Gasteiger partial charge < -0.3 is 19.7 Å². The predicted molar refractivity (Wildman–Crippen MR) is 127 cm³/mol. The quantitative estimate of drug-likeness (QED) is 0.573. The van der Waals surface area contributed by atoms with Crippen molar-refractivity contribution < 1.29 is 14.3 Å². The maximum Gasteiger partial charge on any atom is 0.274 e. The lowest BCUT2D eigenvalue weighted by Crippen LogP contribution is -2.38. The van der Waals surface area contributed by atoms with Gasteiger partial charge in [-0.05, 0) is 37.5 Å². The Balaban J connectivity index is 1.77. The molecular weight excluding hydrogens is 406 g/mol. The molecule has 3 rings (SSSR count). The molecular formula is C24H35N5O3. The molecule has 0 unspecified atom stereocenters. The number of rotatable bonds is 11. The number of anilines is 2. The molecule has 2 aromatic rings. The van der Waals surface area contributed by atoms with Gasteiger partial charge in [-0.25, -0.2) is 4.98 Å². The smallest absolute Gasteiger partial charge is 0.274 e. The zero-order valence-corrected chi connectivity index (χ0v) is 19.5. The molecule has 0 aliphatic carbocycles. The summed E-state index contributed by atoms with van der Waals surface area (Å²) >= 11 is 0. The standard InChI is InChI=1S/C24H35N5O3/c1-4-9-29(10-5-2)24-26-21(23(30)25-20-8-6-7-19(3)17-20)18-22(27-24)32-16-13-28-11-14-31-15-12-28/h6-8,17-18H,4-5,9-16H2,1-3H3,(H,25,30). The third-order valence-corrected chi connectivity index (χ3v) is 5.23. The molecule has 1 aromatic heterocycles. The number of aromatic nitrogens is 2. The minimum atomic E-state index is -0.273. The summed E-state index contributed by atoms with van der Waals surface area (Å²) in [5, 5.41) is 2.94. The SMILES string of the molecule is CCCN(CCC)c1nc(OCCN2CCOCC2)cc(C(=O)Nc2cccc(C)c2)n1. The number of amides is 1. The van der Waals surface area contributed by atoms with Crippen molar-refractivity contribution in [2.75, 3.05) is 62.8 Å². The van der Waals surface area contributed by atoms with Crippen LogP contribution in [-0.2, 0) is 4.74 Å². The van der Waals surface area contributed by atoms with E-state index in [4.69, 9.17) is 9.47 Å². The van der Waals surface area contributed by atoms with E-state index in [1.165, 1.54) is 0 Å². The maximum absolute atomic E-state index is 13.0. The van der Waals surface area contributed by atoms with Crippen molar-refractivity contribution in [2.45, 2.75) is 33.6 Å². The number of carbonyl (C=O) groups excluding carboxylic acids is 1. The number of aryl methyl sites for hydroxylation is 1. The highest BCUT2D eigenvalue weighted by Crippen LogP contribution is 2.19. The Bertz CT molecular complexity index is 864. The van der Waals surface area contributed by atoms with Crippen molar-refractivity contribution in [3.05, 3.63) is 41.6 Å². The van der Waals surface area contributed by atoms with Gasteiger partial charge in [0.05, 0.1) is 13.2 Å². The Hall–Kier alpha value is -2.71. The van der Waals surface area contributed by atoms with Crippen molar-refractivity contribution in [1.82, 2.24) is 14.9 Å². The Morgan fingerprint density at radius 3 is 2.59 bits per heavy atom. The predicted octanol–water partition coefficient (Wildman–Crippen LogP) is 3.37. The van der Waals surface area contributed by atoms with E-state index in [2.05, 4.69) is 38.9 Å². The summed E-state index contributed by atoms with van der Waals surface area (Å²) in [6.45, 7) is 12.5. The van der Waals surface area contributed by atoms with E-state index in [9.17, 15) is 4.79 Å². The summed E-state index contributed by atoms with van der Waals surface area (Å²) in [6, 6.07) is 9.34. The molecule has 1 aliphatic heterocycles. The molecule has 1 saturated heterocycles. The molecule has 174 valence electrons. The second kappa shape index (κ2) is 12.4. The zero-order valence-electron chi connectivity index (χ0n) is 19.5. The molecule has 8 heteroatoms. The fourth-order valence-corrected chi connectivity index (χ4v) is 3.62. The highest BCUT2D eigenvalue weighted by molar-refractivity contribution is 6.03. The van der Waals surface area contributed by atoms with Gasteiger partial charge in [-0.3, -0.25) is 9.69 Å². The van der Waals surface area contributed by atoms with Crippen LogP contribution in [-0.4, -0.2) is 73.3 Å². The van der Waals surface area contributed by atoms with Crippen LogP contribution in [0.2, 0.25) is 0 Å². The van der Waals surface area contributed by atoms with E-state index in [1.54, 1.807) is 6.07 Å². The highest BCUT2D eigenvalue weighted by Gasteiger charge is 2.17. The third kappa shape index (κ3) is 7.17. The van der Waals surface area contributed by atoms with Gasteiger partial charge in [-0.2, -0.15) is 4.98 Å². The Kier molecular flexibility index (Phi) is 9.25. The number of morpholine rings is 1. The first-order valence-electron chi connectivity index (χ1n) is 11.5. The van der Waals surface area contributed by atoms with Gasteiger partial charge in [0.2, 0.25) is 11.8 Å². The van der Waals surface area contributed by atoms with Crippen molar-refractivity contribution in [3.8, 4) is 5.88 Å². The van der Waals surface area contributed by atoms with Crippen LogP contribution in [0, 0.1) is 6.92 Å². The number of nitrogens with one attached hydrogen (secondary N) is 1. The van der Waals surface area contributed by atoms with Gasteiger partial charge in [-0.1, -0.05) is 26.0 Å². The molecule has 0 bridgehead atoms. The largest absolute Gasteiger partial charge is 0.476 e. The summed E-state index contributed by atoms with van der Waals surface area (Å²) in [5.41, 5.74) is 2.12. The molecule has 0 saturated carbocycles. The van der Waals surface area contributed by atoms with E-state index in [-0.39, 0.29) is 5.91 Å². The topological polar surface area (TPSA) is 79.8 Å². The normalized spacial score (nSPS) is 14.2. The van der Waals surface area contributed by atoms with Crippen molar-refractivity contribution >= 4 is 17.5 Å². The summed E-state index contributed by atoms with van der Waals surface area (Å²) in [5.74, 6) is 0.687. The fraction of sp³-hybridized carbons (Fsp3) is 0.542. The van der Waals surface area contributed by atoms with Gasteiger partial charge in [0, 0.05) is 44.5 Å². The zero-order chi connectivity index (χ0) is 22.8. The van der Waals surface area contributed by atoms with Crippen LogP contribution in [0.5, 0.6) is 5.88 Å². The summed E-state index contributed by atoms with van der Waals surface area (Å²) in [7, 11) is 0. The molecule has 1 aliphatic rings. The van der Waals surface area contributed by atoms with Crippen LogP contribution in [0.4, 0.5) is 11.6 Å². The second-order valence-electron chi connectivity index (χ2n) is 8.00. The summed E-state index contributed by atoms with van der Waals surface area (Å²) in [4.78, 5) is 26.6. The molecule has 1 amide bonds. The van der Waals surface area contributed by atoms with Gasteiger partial charge >= 0.3 is 0 Å². The van der Waals surface area contributed by atoms with Gasteiger partial charge in [0.25, 0.3) is 5.91 Å². The van der Waals surface area contributed by atoms with Crippen molar-refractivity contribution in [2.24, 2.45) is 0 Å². The van der Waals surface area contributed by atoms with Crippen LogP contribution >= 0.6 is 0 Å². The fourth-order valence-electron chi connectivity index (χ4n) is 3.62. The average Bonchev–Trinajstić information content (AvgIpc) is 2.79. The summed E-state index contributed by atoms with van der Waals surface area (Å²) < 4.78 is 11.4. The van der Waals surface area contributed by atoms with Gasteiger partial charge in [0.15, 0.2) is 0 Å². The monoisotopic (exact) mass is 441 g/mol. The number of nitrogens with zero attached hydrogens (tertiary/aromatic N) is 4. The lowest BCUT2D eigenvalue weighted by molar-refractivity contribution is 0.0320. The molecule has 2 heterocycles. The second-order valence-corrected chi connectivity index (χ2v) is 8.00. The molecule has 0 radical (unpaired) electrons. The Morgan fingerprint density at radius 1 is 1.16 bits per heavy atom. The average molecular weight is 442 g/mol. The molecule has 0 spiro atoms. The first kappa shape index (κ1) is 23.9.